The fraction of sp³-hybridized carbons (Fsp3) is 0.111. The fourth-order valence-electron chi connectivity index (χ4n) is 3.45. The van der Waals surface area contributed by atoms with Crippen LogP contribution in [0.3, 0.4) is 0 Å². The highest BCUT2D eigenvalue weighted by Gasteiger charge is 2.13. The van der Waals surface area contributed by atoms with E-state index in [0.29, 0.717) is 34.4 Å². The van der Waals surface area contributed by atoms with E-state index in [1.165, 1.54) is 13.3 Å². The molecule has 0 spiro atoms. The van der Waals surface area contributed by atoms with Gasteiger partial charge >= 0.3 is 0 Å². The van der Waals surface area contributed by atoms with E-state index in [0.717, 1.165) is 21.9 Å². The molecule has 172 valence electrons. The predicted octanol–water partition coefficient (Wildman–Crippen LogP) is 5.85. The zero-order chi connectivity index (χ0) is 23.9. The van der Waals surface area contributed by atoms with Crippen LogP contribution in [-0.2, 0) is 6.61 Å². The van der Waals surface area contributed by atoms with Crippen molar-refractivity contribution in [2.45, 2.75) is 6.61 Å². The molecule has 0 atom stereocenters. The third-order valence-electron chi connectivity index (χ3n) is 5.22. The molecule has 0 aliphatic heterocycles. The Labute approximate surface area is 202 Å². The van der Waals surface area contributed by atoms with Crippen LogP contribution in [0.25, 0.3) is 10.8 Å². The van der Waals surface area contributed by atoms with E-state index in [9.17, 15) is 4.79 Å². The lowest BCUT2D eigenvalue weighted by molar-refractivity contribution is 0.0952. The van der Waals surface area contributed by atoms with Crippen molar-refractivity contribution in [2.24, 2.45) is 5.10 Å². The van der Waals surface area contributed by atoms with Crippen LogP contribution in [0.2, 0.25) is 5.02 Å². The Bertz CT molecular complexity index is 1350. The van der Waals surface area contributed by atoms with Gasteiger partial charge in [0.25, 0.3) is 5.91 Å². The maximum Gasteiger partial charge on any atom is 0.275 e. The van der Waals surface area contributed by atoms with Gasteiger partial charge in [0, 0.05) is 10.6 Å². The molecule has 1 N–H and O–H groups in total. The molecule has 0 saturated carbocycles. The topological polar surface area (TPSA) is 69.2 Å². The molecule has 0 aliphatic carbocycles. The van der Waals surface area contributed by atoms with Gasteiger partial charge < -0.3 is 14.2 Å². The summed E-state index contributed by atoms with van der Waals surface area (Å²) in [5.74, 6) is 1.22. The van der Waals surface area contributed by atoms with E-state index in [2.05, 4.69) is 10.5 Å². The molecule has 0 fully saturated rings. The molecular formula is C27H23ClN2O4. The maximum absolute atomic E-state index is 12.7. The molecule has 0 bridgehead atoms. The van der Waals surface area contributed by atoms with Crippen molar-refractivity contribution in [3.05, 3.63) is 101 Å². The Morgan fingerprint density at radius 2 is 1.59 bits per heavy atom. The first kappa shape index (κ1) is 23.1. The van der Waals surface area contributed by atoms with Crippen LogP contribution in [0.5, 0.6) is 17.2 Å². The summed E-state index contributed by atoms with van der Waals surface area (Å²) in [4.78, 5) is 12.7. The molecular weight excluding hydrogens is 452 g/mol. The van der Waals surface area contributed by atoms with Gasteiger partial charge in [-0.05, 0) is 52.7 Å². The number of carbonyl (C=O) groups excluding carboxylic acids is 1. The standard InChI is InChI=1S/C27H23ClN2O4/c1-32-25-15-20-8-4-3-7-19(20)14-22(25)27(31)30-29-16-18-11-12-24(26(13-18)33-2)34-17-21-9-5-6-10-23(21)28/h3-16H,17H2,1-2H3,(H,30,31)/b29-16-. The molecule has 0 radical (unpaired) electrons. The number of benzene rings is 4. The number of amides is 1. The van der Waals surface area contributed by atoms with Gasteiger partial charge in [-0.25, -0.2) is 5.43 Å². The zero-order valence-corrected chi connectivity index (χ0v) is 19.5. The SMILES string of the molecule is COc1cc(/C=N\NC(=O)c2cc3ccccc3cc2OC)ccc1OCc1ccccc1Cl. The van der Waals surface area contributed by atoms with Gasteiger partial charge in [0.1, 0.15) is 12.4 Å². The van der Waals surface area contributed by atoms with Gasteiger partial charge in [0.2, 0.25) is 0 Å². The molecule has 0 heterocycles. The number of methoxy groups -OCH3 is 2. The molecule has 4 rings (SSSR count). The first-order chi connectivity index (χ1) is 16.6. The summed E-state index contributed by atoms with van der Waals surface area (Å²) in [5, 5.41) is 6.66. The number of nitrogens with one attached hydrogen (secondary N) is 1. The number of ether oxygens (including phenoxy) is 3. The highest BCUT2D eigenvalue weighted by atomic mass is 35.5. The number of rotatable bonds is 8. The van der Waals surface area contributed by atoms with E-state index in [-0.39, 0.29) is 5.91 Å². The van der Waals surface area contributed by atoms with Gasteiger partial charge in [-0.3, -0.25) is 4.79 Å². The summed E-state index contributed by atoms with van der Waals surface area (Å²) >= 11 is 6.19. The van der Waals surface area contributed by atoms with Gasteiger partial charge in [0.15, 0.2) is 11.5 Å². The number of hydrazone groups is 1. The van der Waals surface area contributed by atoms with E-state index < -0.39 is 0 Å². The third-order valence-corrected chi connectivity index (χ3v) is 5.59. The number of hydrogen-bond donors (Lipinski definition) is 1. The molecule has 4 aromatic carbocycles. The Morgan fingerprint density at radius 1 is 0.882 bits per heavy atom. The Kier molecular flexibility index (Phi) is 7.30. The molecule has 0 saturated heterocycles. The van der Waals surface area contributed by atoms with Crippen molar-refractivity contribution in [3.63, 3.8) is 0 Å². The van der Waals surface area contributed by atoms with Crippen molar-refractivity contribution < 1.29 is 19.0 Å². The van der Waals surface area contributed by atoms with Gasteiger partial charge in [-0.1, -0.05) is 54.1 Å². The lowest BCUT2D eigenvalue weighted by atomic mass is 10.1. The largest absolute Gasteiger partial charge is 0.496 e. The molecule has 4 aromatic rings. The van der Waals surface area contributed by atoms with Crippen molar-refractivity contribution in [1.82, 2.24) is 5.43 Å². The molecule has 7 heteroatoms. The van der Waals surface area contributed by atoms with Crippen LogP contribution in [-0.4, -0.2) is 26.3 Å². The van der Waals surface area contributed by atoms with Crippen molar-refractivity contribution in [3.8, 4) is 17.2 Å². The average Bonchev–Trinajstić information content (AvgIpc) is 2.87. The van der Waals surface area contributed by atoms with Crippen LogP contribution in [0, 0.1) is 0 Å². The van der Waals surface area contributed by atoms with Crippen LogP contribution in [0.4, 0.5) is 0 Å². The second kappa shape index (κ2) is 10.7. The van der Waals surface area contributed by atoms with E-state index in [1.807, 2.05) is 60.7 Å². The summed E-state index contributed by atoms with van der Waals surface area (Å²) < 4.78 is 16.7. The lowest BCUT2D eigenvalue weighted by Gasteiger charge is -2.12. The normalized spacial score (nSPS) is 10.9. The lowest BCUT2D eigenvalue weighted by Crippen LogP contribution is -2.18. The van der Waals surface area contributed by atoms with Gasteiger partial charge in [-0.15, -0.1) is 0 Å². The molecule has 6 nitrogen and oxygen atoms in total. The summed E-state index contributed by atoms with van der Waals surface area (Å²) in [6.45, 7) is 0.313. The number of nitrogens with zero attached hydrogens (tertiary/aromatic N) is 1. The zero-order valence-electron chi connectivity index (χ0n) is 18.7. The van der Waals surface area contributed by atoms with Gasteiger partial charge in [0.05, 0.1) is 26.0 Å². The Hall–Kier alpha value is -4.03. The highest BCUT2D eigenvalue weighted by Crippen LogP contribution is 2.29. The number of fused-ring (bicyclic) bond motifs is 1. The summed E-state index contributed by atoms with van der Waals surface area (Å²) in [6.07, 6.45) is 1.53. The Morgan fingerprint density at radius 3 is 2.32 bits per heavy atom. The Balaban J connectivity index is 1.45. The van der Waals surface area contributed by atoms with E-state index >= 15 is 0 Å². The highest BCUT2D eigenvalue weighted by molar-refractivity contribution is 6.31. The van der Waals surface area contributed by atoms with Crippen molar-refractivity contribution >= 4 is 34.5 Å². The second-order valence-electron chi connectivity index (χ2n) is 7.39. The smallest absolute Gasteiger partial charge is 0.275 e. The number of hydrogen-bond acceptors (Lipinski definition) is 5. The summed E-state index contributed by atoms with van der Waals surface area (Å²) in [5.41, 5.74) is 4.57. The minimum absolute atomic E-state index is 0.313. The minimum Gasteiger partial charge on any atom is -0.496 e. The first-order valence-corrected chi connectivity index (χ1v) is 10.9. The van der Waals surface area contributed by atoms with E-state index in [4.69, 9.17) is 25.8 Å². The van der Waals surface area contributed by atoms with Crippen molar-refractivity contribution in [1.29, 1.82) is 0 Å². The minimum atomic E-state index is -0.370. The number of carbonyl (C=O) groups is 1. The van der Waals surface area contributed by atoms with Gasteiger partial charge in [-0.2, -0.15) is 5.10 Å². The first-order valence-electron chi connectivity index (χ1n) is 10.5. The third kappa shape index (κ3) is 5.30. The monoisotopic (exact) mass is 474 g/mol. The number of halogens is 1. The van der Waals surface area contributed by atoms with E-state index in [1.54, 1.807) is 25.3 Å². The van der Waals surface area contributed by atoms with Crippen LogP contribution >= 0.6 is 11.6 Å². The maximum atomic E-state index is 12.7. The fourth-order valence-corrected chi connectivity index (χ4v) is 3.64. The van der Waals surface area contributed by atoms with Crippen molar-refractivity contribution in [2.75, 3.05) is 14.2 Å². The van der Waals surface area contributed by atoms with Crippen LogP contribution in [0.15, 0.2) is 84.0 Å². The van der Waals surface area contributed by atoms with Crippen LogP contribution in [0.1, 0.15) is 21.5 Å². The van der Waals surface area contributed by atoms with Crippen LogP contribution < -0.4 is 19.6 Å². The summed E-state index contributed by atoms with van der Waals surface area (Å²) in [7, 11) is 3.10. The quantitative estimate of drug-likeness (QED) is 0.257. The molecule has 0 unspecified atom stereocenters. The molecule has 1 amide bonds. The second-order valence-corrected chi connectivity index (χ2v) is 7.80. The molecule has 0 aliphatic rings. The predicted molar refractivity (Wildman–Crippen MR) is 134 cm³/mol. The molecule has 0 aromatic heterocycles. The summed E-state index contributed by atoms with van der Waals surface area (Å²) in [6, 6.07) is 24.3. The molecule has 34 heavy (non-hydrogen) atoms. The average molecular weight is 475 g/mol.